The van der Waals surface area contributed by atoms with Crippen molar-refractivity contribution in [2.45, 2.75) is 134 Å². The summed E-state index contributed by atoms with van der Waals surface area (Å²) in [6.07, 6.45) is -7.79. The topological polar surface area (TPSA) is 303 Å². The minimum absolute atomic E-state index is 0.00394. The van der Waals surface area contributed by atoms with E-state index in [1.54, 1.807) is 0 Å². The lowest BCUT2D eigenvalue weighted by Gasteiger charge is -2.44. The molecule has 0 heterocycles. The van der Waals surface area contributed by atoms with E-state index in [4.69, 9.17) is 28.3 Å². The zero-order valence-corrected chi connectivity index (χ0v) is 29.0. The molecule has 1 saturated carbocycles. The van der Waals surface area contributed by atoms with Gasteiger partial charge in [-0.25, -0.2) is 13.7 Å². The van der Waals surface area contributed by atoms with Crippen LogP contribution < -0.4 is 0 Å². The molecule has 0 saturated heterocycles. The Morgan fingerprint density at radius 2 is 1.04 bits per heavy atom. The highest BCUT2D eigenvalue weighted by molar-refractivity contribution is 7.47. The van der Waals surface area contributed by atoms with Gasteiger partial charge in [-0.15, -0.1) is 0 Å². The first-order valence-corrected chi connectivity index (χ1v) is 19.9. The summed E-state index contributed by atoms with van der Waals surface area (Å²) in [6, 6.07) is 0. The van der Waals surface area contributed by atoms with Crippen LogP contribution in [0.5, 0.6) is 0 Å². The van der Waals surface area contributed by atoms with E-state index >= 15 is 0 Å². The van der Waals surface area contributed by atoms with Crippen molar-refractivity contribution in [2.24, 2.45) is 0 Å². The van der Waals surface area contributed by atoms with Gasteiger partial charge in [-0.05, 0) is 12.8 Å². The van der Waals surface area contributed by atoms with Gasteiger partial charge in [0, 0.05) is 12.8 Å². The number of phosphoric acid groups is 3. The van der Waals surface area contributed by atoms with E-state index in [9.17, 15) is 53.3 Å². The molecular weight excluding hydrogens is 697 g/mol. The minimum atomic E-state index is -5.57. The number of carbonyl (C=O) groups is 2. The quantitative estimate of drug-likeness (QED) is 0.0396. The lowest BCUT2D eigenvalue weighted by atomic mass is 9.85. The first-order chi connectivity index (χ1) is 21.8. The summed E-state index contributed by atoms with van der Waals surface area (Å²) < 4.78 is 64.2. The minimum Gasteiger partial charge on any atom is -0.462 e. The second-order valence-electron chi connectivity index (χ2n) is 11.1. The molecule has 8 atom stereocenters. The summed E-state index contributed by atoms with van der Waals surface area (Å²) in [5.41, 5.74) is 0. The Bertz CT molecular complexity index is 1080. The van der Waals surface area contributed by atoms with Crippen LogP contribution in [0.4, 0.5) is 0 Å². The Labute approximate surface area is 272 Å². The molecule has 1 aliphatic rings. The number of aliphatic hydroxyl groups is 3. The Kier molecular flexibility index (Phi) is 20.1. The molecule has 1 unspecified atom stereocenters. The third-order valence-corrected chi connectivity index (χ3v) is 8.94. The molecule has 1 rings (SSSR count). The number of hydrogen-bond donors (Lipinski definition) is 8. The lowest BCUT2D eigenvalue weighted by Crippen LogP contribution is -2.65. The van der Waals surface area contributed by atoms with Gasteiger partial charge in [-0.2, -0.15) is 0 Å². The van der Waals surface area contributed by atoms with Gasteiger partial charge in [0.25, 0.3) is 0 Å². The number of hydrogen-bond acceptors (Lipinski definition) is 14. The molecule has 47 heavy (non-hydrogen) atoms. The monoisotopic (exact) mass is 746 g/mol. The fourth-order valence-corrected chi connectivity index (χ4v) is 6.68. The maximum absolute atomic E-state index is 12.8. The van der Waals surface area contributed by atoms with Crippen LogP contribution in [0.3, 0.4) is 0 Å². The largest absolute Gasteiger partial charge is 0.472 e. The number of aliphatic hydroxyl groups excluding tert-OH is 3. The maximum Gasteiger partial charge on any atom is 0.472 e. The van der Waals surface area contributed by atoms with Crippen LogP contribution >= 0.6 is 23.5 Å². The number of esters is 2. The van der Waals surface area contributed by atoms with Crippen molar-refractivity contribution < 1.29 is 90.6 Å². The highest BCUT2D eigenvalue weighted by Gasteiger charge is 2.56. The van der Waals surface area contributed by atoms with Crippen LogP contribution in [0.25, 0.3) is 0 Å². The van der Waals surface area contributed by atoms with Gasteiger partial charge in [0.05, 0.1) is 6.61 Å². The van der Waals surface area contributed by atoms with E-state index < -0.39 is 91.3 Å². The number of phosphoric ester groups is 3. The number of rotatable bonds is 24. The molecule has 0 aliphatic heterocycles. The van der Waals surface area contributed by atoms with E-state index in [0.29, 0.717) is 12.8 Å². The fraction of sp³-hybridized carbons (Fsp3) is 0.920. The molecule has 0 spiro atoms. The standard InChI is InChI=1S/C25H49O19P3/c1-3-5-7-9-11-13-18(26)39-15-17(41-19(27)14-12-10-8-6-4-2)16-40-47(37,38)44-23-20(28)21(29)24(42-45(31,32)33)25(22(23)30)43-46(34,35)36/h17,20-25,28-30H,3-16H2,1-2H3,(H,37,38)(H2,31,32,33)(H2,34,35,36)/t17-,20-,21+,22+,23-,24+,25-/m1/s1. The van der Waals surface area contributed by atoms with Gasteiger partial charge in [0.1, 0.15) is 43.2 Å². The van der Waals surface area contributed by atoms with Gasteiger partial charge in [0.15, 0.2) is 6.10 Å². The normalized spacial score (nSPS) is 25.6. The summed E-state index contributed by atoms with van der Waals surface area (Å²) in [5, 5.41) is 31.4. The van der Waals surface area contributed by atoms with Crippen molar-refractivity contribution >= 4 is 35.4 Å². The van der Waals surface area contributed by atoms with Crippen molar-refractivity contribution in [1.82, 2.24) is 0 Å². The Hall–Kier alpha value is -0.850. The second-order valence-corrected chi connectivity index (χ2v) is 14.8. The number of carbonyl (C=O) groups excluding carboxylic acids is 2. The average molecular weight is 747 g/mol. The van der Waals surface area contributed by atoms with E-state index in [-0.39, 0.29) is 12.8 Å². The van der Waals surface area contributed by atoms with Gasteiger partial charge in [-0.3, -0.25) is 27.7 Å². The van der Waals surface area contributed by atoms with Gasteiger partial charge in [-0.1, -0.05) is 65.2 Å². The van der Waals surface area contributed by atoms with E-state index in [2.05, 4.69) is 9.05 Å². The smallest absolute Gasteiger partial charge is 0.462 e. The Morgan fingerprint density at radius 1 is 0.596 bits per heavy atom. The average Bonchev–Trinajstić information content (AvgIpc) is 2.96. The third-order valence-electron chi connectivity index (χ3n) is 6.91. The molecule has 0 aromatic carbocycles. The van der Waals surface area contributed by atoms with Crippen LogP contribution in [0.2, 0.25) is 0 Å². The Morgan fingerprint density at radius 3 is 1.53 bits per heavy atom. The summed E-state index contributed by atoms with van der Waals surface area (Å²) in [4.78, 5) is 71.6. The number of ether oxygens (including phenoxy) is 2. The van der Waals surface area contributed by atoms with Crippen LogP contribution in [0.1, 0.15) is 90.9 Å². The molecule has 0 radical (unpaired) electrons. The molecule has 278 valence electrons. The van der Waals surface area contributed by atoms with E-state index in [1.165, 1.54) is 0 Å². The predicted molar refractivity (Wildman–Crippen MR) is 160 cm³/mol. The SMILES string of the molecule is CCCCCCCC(=O)OC[C@H](COP(=O)(O)O[C@@H]1[C@H](O)[C@H](O)[C@H](OP(=O)(O)O)[C@H](OP(=O)(O)O)[C@H]1O)OC(=O)CCCCCCC. The van der Waals surface area contributed by atoms with Crippen molar-refractivity contribution in [3.63, 3.8) is 0 Å². The molecule has 0 amide bonds. The summed E-state index contributed by atoms with van der Waals surface area (Å²) >= 11 is 0. The van der Waals surface area contributed by atoms with Crippen molar-refractivity contribution in [1.29, 1.82) is 0 Å². The Balaban J connectivity index is 2.98. The summed E-state index contributed by atoms with van der Waals surface area (Å²) in [5.74, 6) is -1.33. The first-order valence-electron chi connectivity index (χ1n) is 15.3. The molecular formula is C25H49O19P3. The third kappa shape index (κ3) is 18.6. The molecule has 0 aromatic rings. The van der Waals surface area contributed by atoms with E-state index in [0.717, 1.165) is 51.4 Å². The van der Waals surface area contributed by atoms with E-state index in [1.807, 2.05) is 13.8 Å². The first kappa shape index (κ1) is 44.2. The molecule has 22 heteroatoms. The van der Waals surface area contributed by atoms with Gasteiger partial charge in [0.2, 0.25) is 0 Å². The predicted octanol–water partition coefficient (Wildman–Crippen LogP) is 1.72. The molecule has 1 fully saturated rings. The van der Waals surface area contributed by atoms with Crippen LogP contribution in [-0.4, -0.2) is 108 Å². The fourth-order valence-electron chi connectivity index (χ4n) is 4.58. The van der Waals surface area contributed by atoms with Crippen molar-refractivity contribution in [3.05, 3.63) is 0 Å². The lowest BCUT2D eigenvalue weighted by molar-refractivity contribution is -0.213. The second kappa shape index (κ2) is 21.4. The summed E-state index contributed by atoms with van der Waals surface area (Å²) in [6.45, 7) is 2.59. The zero-order valence-electron chi connectivity index (χ0n) is 26.4. The number of unbranched alkanes of at least 4 members (excludes halogenated alkanes) is 8. The molecule has 1 aliphatic carbocycles. The van der Waals surface area contributed by atoms with Crippen molar-refractivity contribution in [2.75, 3.05) is 13.2 Å². The highest BCUT2D eigenvalue weighted by Crippen LogP contribution is 2.51. The van der Waals surface area contributed by atoms with Crippen LogP contribution in [-0.2, 0) is 50.9 Å². The molecule has 0 bridgehead atoms. The molecule has 0 aromatic heterocycles. The zero-order chi connectivity index (χ0) is 35.8. The van der Waals surface area contributed by atoms with Gasteiger partial charge < -0.3 is 49.3 Å². The van der Waals surface area contributed by atoms with Gasteiger partial charge >= 0.3 is 35.4 Å². The molecule has 19 nitrogen and oxygen atoms in total. The highest BCUT2D eigenvalue weighted by atomic mass is 31.2. The van der Waals surface area contributed by atoms with Crippen LogP contribution in [0.15, 0.2) is 0 Å². The molecule has 8 N–H and O–H groups in total. The maximum atomic E-state index is 12.8. The van der Waals surface area contributed by atoms with Crippen molar-refractivity contribution in [3.8, 4) is 0 Å². The van der Waals surface area contributed by atoms with Crippen LogP contribution in [0, 0.1) is 0 Å². The summed E-state index contributed by atoms with van der Waals surface area (Å²) in [7, 11) is -16.5.